The fourth-order valence-electron chi connectivity index (χ4n) is 1.30. The van der Waals surface area contributed by atoms with Crippen molar-refractivity contribution in [1.82, 2.24) is 5.32 Å². The van der Waals surface area contributed by atoms with E-state index in [1.165, 1.54) is 0 Å². The van der Waals surface area contributed by atoms with Crippen molar-refractivity contribution in [3.63, 3.8) is 0 Å². The van der Waals surface area contributed by atoms with Crippen molar-refractivity contribution < 1.29 is 8.78 Å². The second-order valence-electron chi connectivity index (χ2n) is 5.59. The van der Waals surface area contributed by atoms with Gasteiger partial charge in [0.1, 0.15) is 0 Å². The van der Waals surface area contributed by atoms with E-state index in [-0.39, 0.29) is 11.5 Å². The van der Waals surface area contributed by atoms with E-state index < -0.39 is 5.76 Å². The van der Waals surface area contributed by atoms with Crippen molar-refractivity contribution in [3.8, 4) is 0 Å². The molecule has 0 aliphatic rings. The van der Waals surface area contributed by atoms with Crippen molar-refractivity contribution in [2.75, 3.05) is 5.32 Å². The monoisotopic (exact) mass is 318 g/mol. The summed E-state index contributed by atoms with van der Waals surface area (Å²) in [7, 11) is 0. The second-order valence-corrected chi connectivity index (χ2v) is 7.06. The minimum Gasteiger partial charge on any atom is -0.359 e. The standard InChI is InChI=1S/C14H20F2N2S2/c1-9(14(2,3)4)17-13(19)18-10-5-7-11(8-6-10)20-12(15)16/h5-9,12H,1-4H3,(H2,17,18,19). The molecule has 0 fully saturated rings. The Bertz CT molecular complexity index is 441. The Labute approximate surface area is 128 Å². The molecule has 0 saturated heterocycles. The van der Waals surface area contributed by atoms with Gasteiger partial charge in [-0.1, -0.05) is 32.5 Å². The molecule has 1 rings (SSSR count). The number of benzene rings is 1. The highest BCUT2D eigenvalue weighted by atomic mass is 32.2. The first-order chi connectivity index (χ1) is 9.18. The van der Waals surface area contributed by atoms with Crippen LogP contribution >= 0.6 is 24.0 Å². The lowest BCUT2D eigenvalue weighted by Gasteiger charge is -2.29. The number of halogens is 2. The van der Waals surface area contributed by atoms with E-state index in [2.05, 4.69) is 38.3 Å². The Morgan fingerprint density at radius 2 is 1.75 bits per heavy atom. The molecule has 0 aromatic heterocycles. The third kappa shape index (κ3) is 6.05. The summed E-state index contributed by atoms with van der Waals surface area (Å²) in [5, 5.41) is 6.79. The molecule has 1 atom stereocenters. The molecule has 20 heavy (non-hydrogen) atoms. The van der Waals surface area contributed by atoms with E-state index in [9.17, 15) is 8.78 Å². The van der Waals surface area contributed by atoms with Gasteiger partial charge >= 0.3 is 0 Å². The third-order valence-electron chi connectivity index (χ3n) is 2.98. The summed E-state index contributed by atoms with van der Waals surface area (Å²) in [4.78, 5) is 0.535. The topological polar surface area (TPSA) is 24.1 Å². The summed E-state index contributed by atoms with van der Waals surface area (Å²) < 4.78 is 24.4. The Kier molecular flexibility index (Phi) is 6.20. The lowest BCUT2D eigenvalue weighted by Crippen LogP contribution is -2.43. The van der Waals surface area contributed by atoms with Gasteiger partial charge in [0, 0.05) is 16.6 Å². The van der Waals surface area contributed by atoms with Crippen LogP contribution in [0.25, 0.3) is 0 Å². The van der Waals surface area contributed by atoms with Crippen molar-refractivity contribution in [3.05, 3.63) is 24.3 Å². The minimum atomic E-state index is -2.40. The molecule has 0 aliphatic heterocycles. The van der Waals surface area contributed by atoms with Crippen molar-refractivity contribution in [2.24, 2.45) is 5.41 Å². The summed E-state index contributed by atoms with van der Waals surface area (Å²) in [5.74, 6) is -2.40. The molecular formula is C14H20F2N2S2. The van der Waals surface area contributed by atoms with Gasteiger partial charge in [-0.25, -0.2) is 0 Å². The van der Waals surface area contributed by atoms with E-state index in [0.29, 0.717) is 21.8 Å². The van der Waals surface area contributed by atoms with Crippen LogP contribution in [-0.2, 0) is 0 Å². The summed E-state index contributed by atoms with van der Waals surface area (Å²) in [5.41, 5.74) is 0.881. The summed E-state index contributed by atoms with van der Waals surface area (Å²) in [6, 6.07) is 6.99. The number of hydrogen-bond acceptors (Lipinski definition) is 2. The van der Waals surface area contributed by atoms with Crippen molar-refractivity contribution in [2.45, 2.75) is 44.4 Å². The Balaban J connectivity index is 2.54. The molecule has 0 amide bonds. The zero-order chi connectivity index (χ0) is 15.3. The predicted molar refractivity (Wildman–Crippen MR) is 86.6 cm³/mol. The normalized spacial score (nSPS) is 13.2. The van der Waals surface area contributed by atoms with Gasteiger partial charge < -0.3 is 10.6 Å². The van der Waals surface area contributed by atoms with Crippen LogP contribution in [0.2, 0.25) is 0 Å². The van der Waals surface area contributed by atoms with Gasteiger partial charge in [0.2, 0.25) is 0 Å². The molecule has 0 bridgehead atoms. The molecular weight excluding hydrogens is 298 g/mol. The fourth-order valence-corrected chi connectivity index (χ4v) is 2.09. The number of anilines is 1. The predicted octanol–water partition coefficient (Wildman–Crippen LogP) is 4.72. The molecule has 0 radical (unpaired) electrons. The average Bonchev–Trinajstić information content (AvgIpc) is 2.29. The zero-order valence-electron chi connectivity index (χ0n) is 12.0. The van der Waals surface area contributed by atoms with E-state index in [1.54, 1.807) is 24.3 Å². The highest BCUT2D eigenvalue weighted by Crippen LogP contribution is 2.26. The van der Waals surface area contributed by atoms with Crippen molar-refractivity contribution >= 4 is 34.8 Å². The molecule has 1 aromatic rings. The smallest absolute Gasteiger partial charge is 0.288 e. The van der Waals surface area contributed by atoms with Gasteiger partial charge in [-0.2, -0.15) is 8.78 Å². The third-order valence-corrected chi connectivity index (χ3v) is 3.93. The molecule has 6 heteroatoms. The number of nitrogens with one attached hydrogen (secondary N) is 2. The Morgan fingerprint density at radius 1 is 1.20 bits per heavy atom. The number of hydrogen-bond donors (Lipinski definition) is 2. The lowest BCUT2D eigenvalue weighted by atomic mass is 9.88. The Hall–Kier alpha value is -0.880. The van der Waals surface area contributed by atoms with Gasteiger partial charge in [-0.15, -0.1) is 0 Å². The highest BCUT2D eigenvalue weighted by molar-refractivity contribution is 7.99. The summed E-state index contributed by atoms with van der Waals surface area (Å²) in [6.45, 7) is 8.45. The molecule has 2 nitrogen and oxygen atoms in total. The highest BCUT2D eigenvalue weighted by Gasteiger charge is 2.20. The molecule has 2 N–H and O–H groups in total. The largest absolute Gasteiger partial charge is 0.359 e. The summed E-state index contributed by atoms with van der Waals surface area (Å²) >= 11 is 5.77. The molecule has 0 spiro atoms. The van der Waals surface area contributed by atoms with Gasteiger partial charge in [0.25, 0.3) is 5.76 Å². The van der Waals surface area contributed by atoms with Crippen molar-refractivity contribution in [1.29, 1.82) is 0 Å². The molecule has 0 heterocycles. The van der Waals surface area contributed by atoms with Gasteiger partial charge in [0.15, 0.2) is 5.11 Å². The Morgan fingerprint density at radius 3 is 2.20 bits per heavy atom. The molecule has 1 aromatic carbocycles. The quantitative estimate of drug-likeness (QED) is 0.619. The van der Waals surface area contributed by atoms with Crippen LogP contribution in [-0.4, -0.2) is 16.9 Å². The van der Waals surface area contributed by atoms with E-state index >= 15 is 0 Å². The maximum absolute atomic E-state index is 12.2. The number of thiocarbonyl (C=S) groups is 1. The van der Waals surface area contributed by atoms with Crippen LogP contribution in [0.4, 0.5) is 14.5 Å². The van der Waals surface area contributed by atoms with Gasteiger partial charge in [0.05, 0.1) is 0 Å². The van der Waals surface area contributed by atoms with Crippen LogP contribution in [0.15, 0.2) is 29.2 Å². The number of alkyl halides is 2. The first-order valence-corrected chi connectivity index (χ1v) is 7.59. The van der Waals surface area contributed by atoms with Crippen LogP contribution in [0.3, 0.4) is 0 Å². The SMILES string of the molecule is CC(NC(=S)Nc1ccc(SC(F)F)cc1)C(C)(C)C. The van der Waals surface area contributed by atoms with Crippen LogP contribution in [0.1, 0.15) is 27.7 Å². The van der Waals surface area contributed by atoms with E-state index in [4.69, 9.17) is 12.2 Å². The number of thioether (sulfide) groups is 1. The second kappa shape index (κ2) is 7.22. The van der Waals surface area contributed by atoms with Crippen LogP contribution < -0.4 is 10.6 Å². The maximum Gasteiger partial charge on any atom is 0.288 e. The maximum atomic E-state index is 12.2. The minimum absolute atomic E-state index is 0.101. The van der Waals surface area contributed by atoms with Crippen LogP contribution in [0, 0.1) is 5.41 Å². The van der Waals surface area contributed by atoms with Gasteiger partial charge in [-0.05, 0) is 48.8 Å². The number of rotatable bonds is 4. The van der Waals surface area contributed by atoms with Gasteiger partial charge in [-0.3, -0.25) is 0 Å². The zero-order valence-corrected chi connectivity index (χ0v) is 13.7. The first-order valence-electron chi connectivity index (χ1n) is 6.31. The molecule has 112 valence electrons. The fraction of sp³-hybridized carbons (Fsp3) is 0.500. The molecule has 1 unspecified atom stereocenters. The molecule has 0 aliphatic carbocycles. The average molecular weight is 318 g/mol. The van der Waals surface area contributed by atoms with E-state index in [1.807, 2.05) is 0 Å². The summed E-state index contributed by atoms with van der Waals surface area (Å²) in [6.07, 6.45) is 0. The van der Waals surface area contributed by atoms with E-state index in [0.717, 1.165) is 5.69 Å². The van der Waals surface area contributed by atoms with Crippen LogP contribution in [0.5, 0.6) is 0 Å². The first kappa shape index (κ1) is 17.2. The molecule has 0 saturated carbocycles. The lowest BCUT2D eigenvalue weighted by molar-refractivity contribution is 0.252.